The quantitative estimate of drug-likeness (QED) is 0.445. The third-order valence-electron chi connectivity index (χ3n) is 3.59. The fraction of sp³-hybridized carbons (Fsp3) is 0.733. The number of allylic oxidation sites excluding steroid dienone is 4. The van der Waals surface area contributed by atoms with E-state index in [1.807, 2.05) is 24.6 Å². The Bertz CT molecular complexity index is 395. The molecule has 20 heavy (non-hydrogen) atoms. The van der Waals surface area contributed by atoms with Crippen molar-refractivity contribution >= 4 is 30.2 Å². The van der Waals surface area contributed by atoms with E-state index in [2.05, 4.69) is 40.8 Å². The molecule has 0 aliphatic heterocycles. The summed E-state index contributed by atoms with van der Waals surface area (Å²) in [4.78, 5) is 0. The average Bonchev–Trinajstić information content (AvgIpc) is 2.46. The van der Waals surface area contributed by atoms with Crippen LogP contribution in [0.25, 0.3) is 0 Å². The van der Waals surface area contributed by atoms with Crippen LogP contribution in [-0.2, 0) is 18.4 Å². The molecule has 0 bridgehead atoms. The minimum atomic E-state index is -0.315. The van der Waals surface area contributed by atoms with Gasteiger partial charge in [-0.2, -0.15) is 0 Å². The molecule has 116 valence electrons. The maximum absolute atomic E-state index is 5.35. The van der Waals surface area contributed by atoms with Crippen molar-refractivity contribution < 1.29 is 18.4 Å². The molecule has 1 rings (SSSR count). The molecule has 0 saturated carbocycles. The van der Waals surface area contributed by atoms with Crippen molar-refractivity contribution in [2.24, 2.45) is 5.92 Å². The van der Waals surface area contributed by atoms with Crippen molar-refractivity contribution in [3.8, 4) is 0 Å². The van der Waals surface area contributed by atoms with Gasteiger partial charge in [0.05, 0.1) is 0 Å². The van der Waals surface area contributed by atoms with E-state index < -0.39 is 0 Å². The summed E-state index contributed by atoms with van der Waals surface area (Å²) in [7, 11) is 0. The summed E-state index contributed by atoms with van der Waals surface area (Å²) in [6.45, 7) is 19.8. The van der Waals surface area contributed by atoms with Crippen molar-refractivity contribution in [1.82, 2.24) is 3.94 Å². The van der Waals surface area contributed by atoms with E-state index in [1.165, 1.54) is 0 Å². The molecule has 1 aliphatic carbocycles. The van der Waals surface area contributed by atoms with Crippen LogP contribution in [0.5, 0.6) is 0 Å². The zero-order chi connectivity index (χ0) is 16.2. The molecule has 0 aromatic heterocycles. The Morgan fingerprint density at radius 1 is 1.05 bits per heavy atom. The fourth-order valence-electron chi connectivity index (χ4n) is 1.91. The monoisotopic (exact) mass is 369 g/mol. The molecule has 1 nitrogen and oxygen atoms in total. The van der Waals surface area contributed by atoms with E-state index in [1.54, 1.807) is 16.7 Å². The Morgan fingerprint density at radius 3 is 1.65 bits per heavy atom. The Kier molecular flexibility index (Phi) is 8.96. The van der Waals surface area contributed by atoms with Crippen LogP contribution in [-0.4, -0.2) is 16.1 Å². The van der Waals surface area contributed by atoms with Crippen LogP contribution in [0.3, 0.4) is 0 Å². The summed E-state index contributed by atoms with van der Waals surface area (Å²) in [6.07, 6.45) is 0. The van der Waals surface area contributed by atoms with Crippen LogP contribution in [0.15, 0.2) is 20.6 Å². The number of nitrogens with zero attached hydrogens (tertiary/aromatic N) is 1. The first-order chi connectivity index (χ1) is 8.89. The number of rotatable bonds is 2. The zero-order valence-corrected chi connectivity index (χ0v) is 18.6. The van der Waals surface area contributed by atoms with Crippen LogP contribution in [0.2, 0.25) is 13.1 Å². The van der Waals surface area contributed by atoms with E-state index in [9.17, 15) is 0 Å². The van der Waals surface area contributed by atoms with Crippen LogP contribution < -0.4 is 0 Å². The first kappa shape index (κ1) is 21.0. The van der Waals surface area contributed by atoms with Gasteiger partial charge in [0, 0.05) is 5.54 Å². The average molecular weight is 370 g/mol. The molecule has 0 fully saturated rings. The molecular formula is C15H29Cl2NSiTi. The maximum atomic E-state index is 5.35. The molecule has 5 heteroatoms. The van der Waals surface area contributed by atoms with Gasteiger partial charge < -0.3 is 0 Å². The second-order valence-corrected chi connectivity index (χ2v) is 17.8. The molecule has 0 amide bonds. The Morgan fingerprint density at radius 2 is 1.45 bits per heavy atom. The zero-order valence-electron chi connectivity index (χ0n) is 14.4. The van der Waals surface area contributed by atoms with Gasteiger partial charge in [0.15, 0.2) is 0 Å². The Hall–Kier alpha value is 0.951. The SMILES string of the molecule is CC(C)(C)N(Cl)Cl.CC1=C(C)C(C)[C]([Ti][SiH](C)C)=C1C. The van der Waals surface area contributed by atoms with Gasteiger partial charge >= 0.3 is 92.4 Å². The molecule has 0 saturated heterocycles. The molecule has 0 radical (unpaired) electrons. The molecule has 1 unspecified atom stereocenters. The van der Waals surface area contributed by atoms with Crippen LogP contribution in [0, 0.1) is 5.92 Å². The van der Waals surface area contributed by atoms with Crippen molar-refractivity contribution in [2.75, 3.05) is 0 Å². The van der Waals surface area contributed by atoms with Gasteiger partial charge in [-0.05, 0) is 44.3 Å². The third-order valence-corrected chi connectivity index (χ3v) is 10.9. The second kappa shape index (κ2) is 8.55. The van der Waals surface area contributed by atoms with E-state index in [0.717, 1.165) is 9.86 Å². The normalized spacial score (nSPS) is 19.8. The van der Waals surface area contributed by atoms with Gasteiger partial charge in [0.25, 0.3) is 0 Å². The number of halogens is 2. The van der Waals surface area contributed by atoms with Crippen LogP contribution in [0.1, 0.15) is 48.5 Å². The fourth-order valence-corrected chi connectivity index (χ4v) is 8.73. The first-order valence-corrected chi connectivity index (χ1v) is 14.2. The van der Waals surface area contributed by atoms with Crippen molar-refractivity contribution in [1.29, 1.82) is 0 Å². The van der Waals surface area contributed by atoms with Crippen molar-refractivity contribution in [3.63, 3.8) is 0 Å². The van der Waals surface area contributed by atoms with Crippen molar-refractivity contribution in [2.45, 2.75) is 67.1 Å². The standard InChI is InChI=1S/C9H13.C4H9Cl2N.C2H7Si.Ti/c1-6-5-7(2)9(4)8(6)3;1-4(2,3)7(5)6;1-3-2;/h6H,1-4H3;1-3H3;3H,1-2H3;. The van der Waals surface area contributed by atoms with Gasteiger partial charge in [0.1, 0.15) is 0 Å². The van der Waals surface area contributed by atoms with Gasteiger partial charge in [0.2, 0.25) is 0 Å². The molecule has 0 aromatic carbocycles. The first-order valence-electron chi connectivity index (χ1n) is 7.16. The minimum absolute atomic E-state index is 0.136. The Balaban J connectivity index is 0.000000441. The summed E-state index contributed by atoms with van der Waals surface area (Å²) in [5, 5.41) is 0. The van der Waals surface area contributed by atoms with E-state index in [4.69, 9.17) is 23.6 Å². The summed E-state index contributed by atoms with van der Waals surface area (Å²) < 4.78 is 2.99. The molecule has 0 N–H and O–H groups in total. The van der Waals surface area contributed by atoms with E-state index in [-0.39, 0.29) is 30.6 Å². The number of hydrogen-bond acceptors (Lipinski definition) is 1. The predicted octanol–water partition coefficient (Wildman–Crippen LogP) is 5.71. The topological polar surface area (TPSA) is 3.24 Å². The van der Waals surface area contributed by atoms with E-state index in [0.29, 0.717) is 0 Å². The van der Waals surface area contributed by atoms with Gasteiger partial charge in [-0.3, -0.25) is 0 Å². The van der Waals surface area contributed by atoms with Gasteiger partial charge in [-0.15, -0.1) is 3.94 Å². The molecule has 1 atom stereocenters. The summed E-state index contributed by atoms with van der Waals surface area (Å²) in [6, 6.07) is 0. The summed E-state index contributed by atoms with van der Waals surface area (Å²) >= 11 is 11.0. The van der Waals surface area contributed by atoms with Gasteiger partial charge in [-0.1, -0.05) is 0 Å². The third kappa shape index (κ3) is 6.37. The Labute approximate surface area is 145 Å². The van der Waals surface area contributed by atoms with Crippen molar-refractivity contribution in [3.05, 3.63) is 20.6 Å². The molecular weight excluding hydrogens is 341 g/mol. The van der Waals surface area contributed by atoms with E-state index >= 15 is 0 Å². The van der Waals surface area contributed by atoms with Crippen LogP contribution in [0.4, 0.5) is 0 Å². The second-order valence-electron chi connectivity index (χ2n) is 6.77. The molecule has 0 heterocycles. The predicted molar refractivity (Wildman–Crippen MR) is 92.4 cm³/mol. The summed E-state index contributed by atoms with van der Waals surface area (Å²) in [5.74, 6) is 0.787. The van der Waals surface area contributed by atoms with Gasteiger partial charge in [-0.25, -0.2) is 0 Å². The molecule has 0 spiro atoms. The molecule has 1 aliphatic rings. The number of hydrogen-bond donors (Lipinski definition) is 0. The molecule has 0 aromatic rings. The summed E-state index contributed by atoms with van der Waals surface area (Å²) in [5.41, 5.74) is 4.72. The van der Waals surface area contributed by atoms with Crippen LogP contribution >= 0.6 is 23.6 Å².